The van der Waals surface area contributed by atoms with Gasteiger partial charge in [-0.2, -0.15) is 13.7 Å². The van der Waals surface area contributed by atoms with Gasteiger partial charge in [-0.25, -0.2) is 0 Å². The van der Waals surface area contributed by atoms with Gasteiger partial charge in [-0.05, 0) is 24.1 Å². The molecule has 0 aromatic heterocycles. The van der Waals surface area contributed by atoms with E-state index in [2.05, 4.69) is 5.18 Å². The Morgan fingerprint density at radius 3 is 2.79 bits per heavy atom. The monoisotopic (exact) mass is 197 g/mol. The van der Waals surface area contributed by atoms with E-state index in [1.807, 2.05) is 0 Å². The highest BCUT2D eigenvalue weighted by atomic mass is 19.3. The van der Waals surface area contributed by atoms with Crippen LogP contribution in [0.15, 0.2) is 35.5 Å². The summed E-state index contributed by atoms with van der Waals surface area (Å²) in [6, 6.07) is 5.85. The third-order valence-electron chi connectivity index (χ3n) is 1.83. The summed E-state index contributed by atoms with van der Waals surface area (Å²) in [5.74, 6) is 0. The molecule has 0 heterocycles. The topological polar surface area (TPSA) is 29.4 Å². The first kappa shape index (κ1) is 10.5. The van der Waals surface area contributed by atoms with Gasteiger partial charge in [-0.15, -0.1) is 0 Å². The number of benzene rings is 1. The van der Waals surface area contributed by atoms with Crippen molar-refractivity contribution in [2.75, 3.05) is 0 Å². The molecule has 0 radical (unpaired) electrons. The summed E-state index contributed by atoms with van der Waals surface area (Å²) in [5, 5.41) is 2.82. The summed E-state index contributed by atoms with van der Waals surface area (Å²) in [4.78, 5) is 10.2. The van der Waals surface area contributed by atoms with Crippen molar-refractivity contribution in [1.82, 2.24) is 0 Å². The quantitative estimate of drug-likeness (QED) is 0.678. The van der Waals surface area contributed by atoms with Crippen LogP contribution in [0, 0.1) is 4.91 Å². The van der Waals surface area contributed by atoms with Crippen molar-refractivity contribution in [3.05, 3.63) is 46.4 Å². The van der Waals surface area contributed by atoms with Crippen molar-refractivity contribution in [1.29, 1.82) is 0 Å². The Balaban J connectivity index is 3.01. The normalized spacial score (nSPS) is 11.9. The van der Waals surface area contributed by atoms with Crippen LogP contribution < -0.4 is 0 Å². The molecule has 0 aliphatic carbocycles. The molecular formula is C10H9F2NO. The molecule has 0 N–H and O–H groups in total. The lowest BCUT2D eigenvalue weighted by Crippen LogP contribution is -1.88. The van der Waals surface area contributed by atoms with Crippen molar-refractivity contribution >= 4 is 6.08 Å². The van der Waals surface area contributed by atoms with Gasteiger partial charge in [0.2, 0.25) is 0 Å². The predicted molar refractivity (Wildman–Crippen MR) is 50.8 cm³/mol. The highest BCUT2D eigenvalue weighted by Crippen LogP contribution is 2.19. The van der Waals surface area contributed by atoms with Crippen molar-refractivity contribution in [3.63, 3.8) is 0 Å². The van der Waals surface area contributed by atoms with E-state index in [-0.39, 0.29) is 0 Å². The molecule has 0 amide bonds. The molecule has 4 heteroatoms. The third-order valence-corrected chi connectivity index (χ3v) is 1.83. The fraction of sp³-hybridized carbons (Fsp3) is 0.200. The summed E-state index contributed by atoms with van der Waals surface area (Å²) in [6.07, 6.45) is -1.00. The maximum Gasteiger partial charge on any atom is 0.270 e. The predicted octanol–water partition coefficient (Wildman–Crippen LogP) is 3.75. The van der Waals surface area contributed by atoms with Gasteiger partial charge < -0.3 is 0 Å². The Bertz CT molecular complexity index is 359. The molecule has 1 aromatic rings. The minimum atomic E-state index is -1.76. The average molecular weight is 197 g/mol. The van der Waals surface area contributed by atoms with Crippen molar-refractivity contribution in [3.8, 4) is 0 Å². The number of halogens is 2. The molecule has 14 heavy (non-hydrogen) atoms. The molecule has 1 rings (SSSR count). The van der Waals surface area contributed by atoms with Crippen LogP contribution in [0.5, 0.6) is 0 Å². The van der Waals surface area contributed by atoms with E-state index in [1.54, 1.807) is 25.1 Å². The molecule has 1 atom stereocenters. The van der Waals surface area contributed by atoms with Gasteiger partial charge in [0.05, 0.1) is 0 Å². The Morgan fingerprint density at radius 1 is 1.50 bits per heavy atom. The highest BCUT2D eigenvalue weighted by Gasteiger charge is 2.04. The minimum Gasteiger partial charge on any atom is -0.173 e. The van der Waals surface area contributed by atoms with Gasteiger partial charge in [0, 0.05) is 6.08 Å². The second-order valence-corrected chi connectivity index (χ2v) is 2.89. The second-order valence-electron chi connectivity index (χ2n) is 2.89. The van der Waals surface area contributed by atoms with Crippen molar-refractivity contribution in [2.45, 2.75) is 13.0 Å². The Kier molecular flexibility index (Phi) is 3.45. The maximum atomic E-state index is 11.9. The van der Waals surface area contributed by atoms with E-state index in [0.29, 0.717) is 11.1 Å². The smallest absolute Gasteiger partial charge is 0.173 e. The van der Waals surface area contributed by atoms with Crippen molar-refractivity contribution < 1.29 is 8.78 Å². The molecule has 1 unspecified atom stereocenters. The molecule has 0 saturated heterocycles. The lowest BCUT2D eigenvalue weighted by atomic mass is 10.1. The first-order valence-electron chi connectivity index (χ1n) is 4.08. The average Bonchev–Trinajstić information content (AvgIpc) is 2.16. The lowest BCUT2D eigenvalue weighted by Gasteiger charge is -2.03. The summed E-state index contributed by atoms with van der Waals surface area (Å²) in [5.41, 5.74) is 1.01. The fourth-order valence-corrected chi connectivity index (χ4v) is 1.10. The first-order chi connectivity index (χ1) is 6.63. The minimum absolute atomic E-state index is 0.373. The molecule has 1 aromatic carbocycles. The van der Waals surface area contributed by atoms with E-state index in [4.69, 9.17) is 0 Å². The third kappa shape index (κ3) is 2.73. The number of rotatable bonds is 3. The SMILES string of the molecule is CC(N=O)c1cccc(C=C(F)F)c1. The number of hydrogen-bond donors (Lipinski definition) is 0. The van der Waals surface area contributed by atoms with Crippen LogP contribution in [-0.2, 0) is 0 Å². The first-order valence-corrected chi connectivity index (χ1v) is 4.08. The standard InChI is InChI=1S/C10H9F2NO/c1-7(13-14)9-4-2-3-8(5-9)6-10(11)12/h2-7H,1H3. The summed E-state index contributed by atoms with van der Waals surface area (Å²) in [7, 11) is 0. The zero-order chi connectivity index (χ0) is 10.6. The molecule has 0 aliphatic rings. The van der Waals surface area contributed by atoms with E-state index in [1.165, 1.54) is 6.07 Å². The van der Waals surface area contributed by atoms with E-state index >= 15 is 0 Å². The number of nitroso groups, excluding NO2 is 1. The van der Waals surface area contributed by atoms with Crippen LogP contribution in [-0.4, -0.2) is 0 Å². The van der Waals surface area contributed by atoms with Gasteiger partial charge in [0.1, 0.15) is 6.04 Å². The number of nitrogens with zero attached hydrogens (tertiary/aromatic N) is 1. The Morgan fingerprint density at radius 2 is 2.21 bits per heavy atom. The highest BCUT2D eigenvalue weighted by molar-refractivity contribution is 5.51. The summed E-state index contributed by atoms with van der Waals surface area (Å²) in [6.45, 7) is 1.61. The lowest BCUT2D eigenvalue weighted by molar-refractivity contribution is 0.429. The molecule has 2 nitrogen and oxygen atoms in total. The maximum absolute atomic E-state index is 11.9. The summed E-state index contributed by atoms with van der Waals surface area (Å²) < 4.78 is 23.8. The molecule has 0 aliphatic heterocycles. The Labute approximate surface area is 80.2 Å². The van der Waals surface area contributed by atoms with Crippen molar-refractivity contribution in [2.24, 2.45) is 5.18 Å². The van der Waals surface area contributed by atoms with Gasteiger partial charge >= 0.3 is 0 Å². The molecule has 0 spiro atoms. The van der Waals surface area contributed by atoms with E-state index in [9.17, 15) is 13.7 Å². The molecule has 0 bridgehead atoms. The fourth-order valence-electron chi connectivity index (χ4n) is 1.10. The molecule has 0 fully saturated rings. The molecule has 0 saturated carbocycles. The zero-order valence-corrected chi connectivity index (χ0v) is 7.58. The van der Waals surface area contributed by atoms with Crippen LogP contribution in [0.25, 0.3) is 6.08 Å². The number of hydrogen-bond acceptors (Lipinski definition) is 2. The van der Waals surface area contributed by atoms with Gasteiger partial charge in [-0.1, -0.05) is 23.4 Å². The van der Waals surface area contributed by atoms with Crippen LogP contribution in [0.4, 0.5) is 8.78 Å². The van der Waals surface area contributed by atoms with Crippen LogP contribution in [0.3, 0.4) is 0 Å². The van der Waals surface area contributed by atoms with E-state index in [0.717, 1.165) is 6.08 Å². The van der Waals surface area contributed by atoms with Gasteiger partial charge in [0.25, 0.3) is 6.08 Å². The second kappa shape index (κ2) is 4.60. The largest absolute Gasteiger partial charge is 0.270 e. The van der Waals surface area contributed by atoms with Crippen LogP contribution in [0.1, 0.15) is 24.1 Å². The van der Waals surface area contributed by atoms with E-state index < -0.39 is 12.1 Å². The summed E-state index contributed by atoms with van der Waals surface area (Å²) >= 11 is 0. The van der Waals surface area contributed by atoms with Gasteiger partial charge in [-0.3, -0.25) is 0 Å². The molecular weight excluding hydrogens is 188 g/mol. The van der Waals surface area contributed by atoms with Gasteiger partial charge in [0.15, 0.2) is 0 Å². The zero-order valence-electron chi connectivity index (χ0n) is 7.58. The Hall–Kier alpha value is -1.58. The molecule has 74 valence electrons. The van der Waals surface area contributed by atoms with Crippen LogP contribution in [0.2, 0.25) is 0 Å². The van der Waals surface area contributed by atoms with Crippen LogP contribution >= 0.6 is 0 Å².